The summed E-state index contributed by atoms with van der Waals surface area (Å²) in [5.41, 5.74) is 1.15. The van der Waals surface area contributed by atoms with Gasteiger partial charge in [-0.2, -0.15) is 0 Å². The van der Waals surface area contributed by atoms with Gasteiger partial charge in [-0.3, -0.25) is 0 Å². The Morgan fingerprint density at radius 1 is 1.24 bits per heavy atom. The van der Waals surface area contributed by atoms with Crippen molar-refractivity contribution in [2.24, 2.45) is 11.8 Å². The van der Waals surface area contributed by atoms with Crippen molar-refractivity contribution in [3.8, 4) is 0 Å². The Hall–Kier alpha value is -0.870. The van der Waals surface area contributed by atoms with Gasteiger partial charge in [-0.1, -0.05) is 32.4 Å². The van der Waals surface area contributed by atoms with E-state index in [1.807, 2.05) is 12.1 Å². The Balaban J connectivity index is 2.02. The van der Waals surface area contributed by atoms with Crippen molar-refractivity contribution < 1.29 is 8.42 Å². The van der Waals surface area contributed by atoms with Crippen LogP contribution in [-0.4, -0.2) is 20.7 Å². The number of sulfone groups is 1. The number of hydrogen-bond donors (Lipinski definition) is 1. The zero-order valence-corrected chi connectivity index (χ0v) is 14.3. The van der Waals surface area contributed by atoms with E-state index in [4.69, 9.17) is 0 Å². The van der Waals surface area contributed by atoms with Crippen LogP contribution in [0, 0.1) is 11.8 Å². The first-order valence-corrected chi connectivity index (χ1v) is 9.78. The maximum absolute atomic E-state index is 11.5. The summed E-state index contributed by atoms with van der Waals surface area (Å²) in [5.74, 6) is 1.55. The minimum absolute atomic E-state index is 0.252. The highest BCUT2D eigenvalue weighted by Crippen LogP contribution is 2.35. The first-order valence-electron chi connectivity index (χ1n) is 7.89. The van der Waals surface area contributed by atoms with Crippen molar-refractivity contribution in [3.05, 3.63) is 29.8 Å². The van der Waals surface area contributed by atoms with Gasteiger partial charge in [0.2, 0.25) is 0 Å². The topological polar surface area (TPSA) is 46.2 Å². The SMILES string of the molecule is CCC1CCC(NC(C)c2ccc(S(C)(=O)=O)cc2)C1C. The van der Waals surface area contributed by atoms with Crippen LogP contribution in [0.1, 0.15) is 51.6 Å². The lowest BCUT2D eigenvalue weighted by molar-refractivity contribution is 0.327. The van der Waals surface area contributed by atoms with Gasteiger partial charge >= 0.3 is 0 Å². The van der Waals surface area contributed by atoms with Gasteiger partial charge < -0.3 is 5.32 Å². The highest BCUT2D eigenvalue weighted by Gasteiger charge is 2.32. The van der Waals surface area contributed by atoms with Crippen LogP contribution in [-0.2, 0) is 9.84 Å². The molecule has 0 aromatic heterocycles. The molecule has 1 fully saturated rings. The molecule has 0 saturated heterocycles. The normalized spacial score (nSPS) is 27.7. The summed E-state index contributed by atoms with van der Waals surface area (Å²) in [6, 6.07) is 8.07. The summed E-state index contributed by atoms with van der Waals surface area (Å²) in [4.78, 5) is 0.388. The van der Waals surface area contributed by atoms with Gasteiger partial charge in [-0.05, 0) is 49.3 Å². The van der Waals surface area contributed by atoms with Crippen LogP contribution in [0.15, 0.2) is 29.2 Å². The minimum Gasteiger partial charge on any atom is -0.307 e. The van der Waals surface area contributed by atoms with Gasteiger partial charge in [-0.15, -0.1) is 0 Å². The highest BCUT2D eigenvalue weighted by atomic mass is 32.2. The third kappa shape index (κ3) is 3.86. The molecular formula is C17H27NO2S. The molecule has 1 N–H and O–H groups in total. The maximum atomic E-state index is 11.5. The molecule has 4 atom stereocenters. The predicted octanol–water partition coefficient (Wildman–Crippen LogP) is 3.57. The molecule has 1 aromatic rings. The van der Waals surface area contributed by atoms with Gasteiger partial charge in [0.05, 0.1) is 4.90 Å². The molecule has 0 aliphatic heterocycles. The lowest BCUT2D eigenvalue weighted by Gasteiger charge is -2.25. The molecule has 1 aromatic carbocycles. The van der Waals surface area contributed by atoms with Gasteiger partial charge in [0.1, 0.15) is 0 Å². The largest absolute Gasteiger partial charge is 0.307 e. The van der Waals surface area contributed by atoms with Crippen LogP contribution in [0.2, 0.25) is 0 Å². The van der Waals surface area contributed by atoms with Crippen LogP contribution >= 0.6 is 0 Å². The lowest BCUT2D eigenvalue weighted by Crippen LogP contribution is -2.34. The Morgan fingerprint density at radius 3 is 2.33 bits per heavy atom. The first-order chi connectivity index (χ1) is 9.82. The molecule has 1 aliphatic carbocycles. The fourth-order valence-electron chi connectivity index (χ4n) is 3.48. The van der Waals surface area contributed by atoms with Crippen LogP contribution in [0.25, 0.3) is 0 Å². The number of benzene rings is 1. The lowest BCUT2D eigenvalue weighted by atomic mass is 9.93. The molecule has 2 rings (SSSR count). The Kier molecular flexibility index (Phi) is 5.10. The third-order valence-electron chi connectivity index (χ3n) is 5.02. The van der Waals surface area contributed by atoms with E-state index >= 15 is 0 Å². The first kappa shape index (κ1) is 16.5. The average molecular weight is 309 g/mol. The van der Waals surface area contributed by atoms with Gasteiger partial charge in [0.15, 0.2) is 9.84 Å². The van der Waals surface area contributed by atoms with E-state index in [9.17, 15) is 8.42 Å². The second-order valence-electron chi connectivity index (χ2n) is 6.44. The van der Waals surface area contributed by atoms with E-state index in [1.165, 1.54) is 25.5 Å². The Bertz CT molecular complexity index is 565. The summed E-state index contributed by atoms with van der Waals surface area (Å²) < 4.78 is 23.0. The van der Waals surface area contributed by atoms with Crippen molar-refractivity contribution in [2.45, 2.75) is 57.0 Å². The molecule has 0 spiro atoms. The van der Waals surface area contributed by atoms with Crippen molar-refractivity contribution in [1.82, 2.24) is 5.32 Å². The molecule has 1 saturated carbocycles. The van der Waals surface area contributed by atoms with Crippen molar-refractivity contribution in [2.75, 3.05) is 6.26 Å². The minimum atomic E-state index is -3.11. The summed E-state index contributed by atoms with van der Waals surface area (Å²) in [6.07, 6.45) is 5.06. The summed E-state index contributed by atoms with van der Waals surface area (Å²) in [7, 11) is -3.11. The van der Waals surface area contributed by atoms with E-state index in [1.54, 1.807) is 12.1 Å². The smallest absolute Gasteiger partial charge is 0.175 e. The number of nitrogens with one attached hydrogen (secondary N) is 1. The Labute approximate surface area is 129 Å². The molecule has 0 heterocycles. The summed E-state index contributed by atoms with van der Waals surface area (Å²) in [6.45, 7) is 6.77. The second-order valence-corrected chi connectivity index (χ2v) is 8.46. The molecular weight excluding hydrogens is 282 g/mol. The van der Waals surface area contributed by atoms with Crippen LogP contribution in [0.3, 0.4) is 0 Å². The fourth-order valence-corrected chi connectivity index (χ4v) is 4.11. The summed E-state index contributed by atoms with van der Waals surface area (Å²) >= 11 is 0. The zero-order chi connectivity index (χ0) is 15.6. The second kappa shape index (κ2) is 6.49. The van der Waals surface area contributed by atoms with E-state index in [0.29, 0.717) is 16.9 Å². The monoisotopic (exact) mass is 309 g/mol. The van der Waals surface area contributed by atoms with Crippen LogP contribution < -0.4 is 5.32 Å². The van der Waals surface area contributed by atoms with Crippen molar-refractivity contribution in [1.29, 1.82) is 0 Å². The summed E-state index contributed by atoms with van der Waals surface area (Å²) in [5, 5.41) is 3.72. The molecule has 0 bridgehead atoms. The number of rotatable bonds is 5. The third-order valence-corrected chi connectivity index (χ3v) is 6.15. The zero-order valence-electron chi connectivity index (χ0n) is 13.5. The van der Waals surface area contributed by atoms with Crippen LogP contribution in [0.4, 0.5) is 0 Å². The van der Waals surface area contributed by atoms with Gasteiger partial charge in [0, 0.05) is 18.3 Å². The standard InChI is InChI=1S/C17H27NO2S/c1-5-14-8-11-17(12(14)2)18-13(3)15-6-9-16(10-7-15)21(4,19)20/h6-7,9-10,12-14,17-18H,5,8,11H2,1-4H3. The average Bonchev–Trinajstić information content (AvgIpc) is 2.79. The molecule has 0 radical (unpaired) electrons. The molecule has 21 heavy (non-hydrogen) atoms. The van der Waals surface area contributed by atoms with Gasteiger partial charge in [0.25, 0.3) is 0 Å². The highest BCUT2D eigenvalue weighted by molar-refractivity contribution is 7.90. The maximum Gasteiger partial charge on any atom is 0.175 e. The van der Waals surface area contributed by atoms with Crippen molar-refractivity contribution >= 4 is 9.84 Å². The quantitative estimate of drug-likeness (QED) is 0.904. The molecule has 1 aliphatic rings. The molecule has 4 unspecified atom stereocenters. The fraction of sp³-hybridized carbons (Fsp3) is 0.647. The Morgan fingerprint density at radius 2 is 1.86 bits per heavy atom. The molecule has 0 amide bonds. The van der Waals surface area contributed by atoms with E-state index in [2.05, 4.69) is 26.1 Å². The number of hydrogen-bond acceptors (Lipinski definition) is 3. The van der Waals surface area contributed by atoms with E-state index < -0.39 is 9.84 Å². The van der Waals surface area contributed by atoms with E-state index in [0.717, 1.165) is 11.5 Å². The molecule has 118 valence electrons. The predicted molar refractivity (Wildman–Crippen MR) is 87.1 cm³/mol. The van der Waals surface area contributed by atoms with Gasteiger partial charge in [-0.25, -0.2) is 8.42 Å². The molecule has 4 heteroatoms. The van der Waals surface area contributed by atoms with Crippen molar-refractivity contribution in [3.63, 3.8) is 0 Å². The van der Waals surface area contributed by atoms with Crippen LogP contribution in [0.5, 0.6) is 0 Å². The molecule has 3 nitrogen and oxygen atoms in total. The van der Waals surface area contributed by atoms with E-state index in [-0.39, 0.29) is 6.04 Å².